The molecule has 0 spiro atoms. The number of aromatic nitrogens is 2. The summed E-state index contributed by atoms with van der Waals surface area (Å²) < 4.78 is 0. The Kier molecular flexibility index (Phi) is 3.69. The molecule has 0 saturated carbocycles. The monoisotopic (exact) mass is 268 g/mol. The molecule has 3 rings (SSSR count). The van der Waals surface area contributed by atoms with Crippen molar-refractivity contribution in [3.63, 3.8) is 0 Å². The summed E-state index contributed by atoms with van der Waals surface area (Å²) >= 11 is 0. The van der Waals surface area contributed by atoms with E-state index >= 15 is 0 Å². The Morgan fingerprint density at radius 2 is 2.30 bits per heavy atom. The van der Waals surface area contributed by atoms with E-state index in [2.05, 4.69) is 26.7 Å². The second kappa shape index (κ2) is 5.79. The predicted molar refractivity (Wildman–Crippen MR) is 75.1 cm³/mol. The molecule has 1 aromatic carbocycles. The van der Waals surface area contributed by atoms with Crippen molar-refractivity contribution in [1.82, 2.24) is 20.6 Å². The summed E-state index contributed by atoms with van der Waals surface area (Å²) in [6.45, 7) is 2.18. The van der Waals surface area contributed by atoms with Gasteiger partial charge >= 0.3 is 0 Å². The molecule has 0 aliphatic carbocycles. The molecule has 2 aromatic rings. The van der Waals surface area contributed by atoms with Gasteiger partial charge in [-0.05, 0) is 36.2 Å². The summed E-state index contributed by atoms with van der Waals surface area (Å²) in [6.07, 6.45) is 4.05. The number of benzene rings is 1. The van der Waals surface area contributed by atoms with E-state index in [1.807, 2.05) is 12.1 Å². The van der Waals surface area contributed by atoms with Gasteiger partial charge in [0.15, 0.2) is 0 Å². The fourth-order valence-electron chi connectivity index (χ4n) is 2.43. The number of amides is 1. The minimum absolute atomic E-state index is 0.0395. The van der Waals surface area contributed by atoms with Gasteiger partial charge in [-0.15, -0.1) is 0 Å². The van der Waals surface area contributed by atoms with Crippen molar-refractivity contribution < 1.29 is 4.79 Å². The van der Waals surface area contributed by atoms with Gasteiger partial charge in [-0.2, -0.15) is 0 Å². The van der Waals surface area contributed by atoms with Crippen LogP contribution in [0.3, 0.4) is 0 Å². The van der Waals surface area contributed by atoms with E-state index in [0.29, 0.717) is 6.54 Å². The Morgan fingerprint density at radius 3 is 3.15 bits per heavy atom. The molecule has 2 heterocycles. The van der Waals surface area contributed by atoms with Gasteiger partial charge in [0.25, 0.3) is 5.91 Å². The zero-order valence-electron chi connectivity index (χ0n) is 11.1. The maximum atomic E-state index is 12.3. The SMILES string of the molecule is O=C(NCc1ccncn1)c1cccc2c1CCNC2. The minimum Gasteiger partial charge on any atom is -0.346 e. The Bertz CT molecular complexity index is 613. The van der Waals surface area contributed by atoms with E-state index < -0.39 is 0 Å². The smallest absolute Gasteiger partial charge is 0.251 e. The lowest BCUT2D eigenvalue weighted by Gasteiger charge is -2.19. The highest BCUT2D eigenvalue weighted by Gasteiger charge is 2.16. The van der Waals surface area contributed by atoms with Gasteiger partial charge in [0, 0.05) is 18.3 Å². The first-order valence-electron chi connectivity index (χ1n) is 6.69. The molecule has 20 heavy (non-hydrogen) atoms. The van der Waals surface area contributed by atoms with Crippen LogP contribution in [0.2, 0.25) is 0 Å². The van der Waals surface area contributed by atoms with Gasteiger partial charge in [0.1, 0.15) is 6.33 Å². The fourth-order valence-corrected chi connectivity index (χ4v) is 2.43. The number of rotatable bonds is 3. The molecule has 1 amide bonds. The highest BCUT2D eigenvalue weighted by Crippen LogP contribution is 2.18. The summed E-state index contributed by atoms with van der Waals surface area (Å²) in [5.74, 6) is -0.0395. The molecular formula is C15H16N4O. The largest absolute Gasteiger partial charge is 0.346 e. The molecule has 1 aromatic heterocycles. The molecular weight excluding hydrogens is 252 g/mol. The molecule has 0 radical (unpaired) electrons. The molecule has 0 atom stereocenters. The van der Waals surface area contributed by atoms with Crippen LogP contribution in [0.4, 0.5) is 0 Å². The van der Waals surface area contributed by atoms with Gasteiger partial charge in [-0.3, -0.25) is 4.79 Å². The van der Waals surface area contributed by atoms with Crippen molar-refractivity contribution in [2.75, 3.05) is 6.54 Å². The van der Waals surface area contributed by atoms with Crippen molar-refractivity contribution in [2.45, 2.75) is 19.5 Å². The van der Waals surface area contributed by atoms with E-state index in [-0.39, 0.29) is 5.91 Å². The first-order valence-corrected chi connectivity index (χ1v) is 6.69. The van der Waals surface area contributed by atoms with Crippen LogP contribution < -0.4 is 10.6 Å². The Labute approximate surface area is 117 Å². The second-order valence-electron chi connectivity index (χ2n) is 4.75. The standard InChI is InChI=1S/C15H16N4O/c20-15(18-9-12-4-6-17-10-19-12)14-3-1-2-11-8-16-7-5-13(11)14/h1-4,6,10,16H,5,7-9H2,(H,18,20). The molecule has 0 unspecified atom stereocenters. The highest BCUT2D eigenvalue weighted by atomic mass is 16.1. The zero-order chi connectivity index (χ0) is 13.8. The lowest BCUT2D eigenvalue weighted by Crippen LogP contribution is -2.29. The van der Waals surface area contributed by atoms with E-state index in [1.165, 1.54) is 11.9 Å². The van der Waals surface area contributed by atoms with Crippen LogP contribution in [0, 0.1) is 0 Å². The highest BCUT2D eigenvalue weighted by molar-refractivity contribution is 5.96. The fraction of sp³-hybridized carbons (Fsp3) is 0.267. The average Bonchev–Trinajstić information content (AvgIpc) is 2.53. The van der Waals surface area contributed by atoms with Crippen LogP contribution >= 0.6 is 0 Å². The van der Waals surface area contributed by atoms with Crippen LogP contribution in [0.5, 0.6) is 0 Å². The summed E-state index contributed by atoms with van der Waals surface area (Å²) in [6, 6.07) is 7.69. The number of nitrogens with zero attached hydrogens (tertiary/aromatic N) is 2. The van der Waals surface area contributed by atoms with Gasteiger partial charge in [0.2, 0.25) is 0 Å². The number of nitrogens with one attached hydrogen (secondary N) is 2. The number of hydrogen-bond donors (Lipinski definition) is 2. The summed E-state index contributed by atoms with van der Waals surface area (Å²) in [5.41, 5.74) is 3.95. The van der Waals surface area contributed by atoms with E-state index in [1.54, 1.807) is 12.3 Å². The molecule has 0 bridgehead atoms. The quantitative estimate of drug-likeness (QED) is 0.873. The van der Waals surface area contributed by atoms with Crippen LogP contribution in [0.25, 0.3) is 0 Å². The van der Waals surface area contributed by atoms with E-state index in [4.69, 9.17) is 0 Å². The molecule has 0 fully saturated rings. The first-order chi connectivity index (χ1) is 9.84. The third-order valence-corrected chi connectivity index (χ3v) is 3.46. The number of hydrogen-bond acceptors (Lipinski definition) is 4. The van der Waals surface area contributed by atoms with E-state index in [9.17, 15) is 4.79 Å². The maximum Gasteiger partial charge on any atom is 0.251 e. The van der Waals surface area contributed by atoms with E-state index in [0.717, 1.165) is 36.3 Å². The number of carbonyl (C=O) groups excluding carboxylic acids is 1. The van der Waals surface area contributed by atoms with Gasteiger partial charge < -0.3 is 10.6 Å². The first kappa shape index (κ1) is 12.7. The van der Waals surface area contributed by atoms with Crippen LogP contribution in [0.15, 0.2) is 36.8 Å². The second-order valence-corrected chi connectivity index (χ2v) is 4.75. The molecule has 5 nitrogen and oxygen atoms in total. The van der Waals surface area contributed by atoms with Crippen molar-refractivity contribution in [2.24, 2.45) is 0 Å². The average molecular weight is 268 g/mol. The van der Waals surface area contributed by atoms with Crippen molar-refractivity contribution >= 4 is 5.91 Å². The van der Waals surface area contributed by atoms with Crippen molar-refractivity contribution in [1.29, 1.82) is 0 Å². The third-order valence-electron chi connectivity index (χ3n) is 3.46. The Morgan fingerprint density at radius 1 is 1.35 bits per heavy atom. The normalized spacial score (nSPS) is 13.6. The summed E-state index contributed by atoms with van der Waals surface area (Å²) in [7, 11) is 0. The van der Waals surface area contributed by atoms with Gasteiger partial charge in [-0.25, -0.2) is 9.97 Å². The molecule has 1 aliphatic heterocycles. The summed E-state index contributed by atoms with van der Waals surface area (Å²) in [5, 5.41) is 6.23. The van der Waals surface area contributed by atoms with Crippen LogP contribution in [0.1, 0.15) is 27.2 Å². The number of carbonyl (C=O) groups is 1. The van der Waals surface area contributed by atoms with Gasteiger partial charge in [0.05, 0.1) is 12.2 Å². The molecule has 2 N–H and O–H groups in total. The van der Waals surface area contributed by atoms with Crippen molar-refractivity contribution in [3.05, 3.63) is 59.2 Å². The number of fused-ring (bicyclic) bond motifs is 1. The van der Waals surface area contributed by atoms with Gasteiger partial charge in [-0.1, -0.05) is 12.1 Å². The van der Waals surface area contributed by atoms with Crippen LogP contribution in [-0.4, -0.2) is 22.4 Å². The molecule has 0 saturated heterocycles. The predicted octanol–water partition coefficient (Wildman–Crippen LogP) is 1.05. The topological polar surface area (TPSA) is 66.9 Å². The zero-order valence-corrected chi connectivity index (χ0v) is 11.1. The van der Waals surface area contributed by atoms with Crippen molar-refractivity contribution in [3.8, 4) is 0 Å². The molecule has 102 valence electrons. The summed E-state index contributed by atoms with van der Waals surface area (Å²) in [4.78, 5) is 20.3. The Hall–Kier alpha value is -2.27. The third kappa shape index (κ3) is 2.67. The molecule has 5 heteroatoms. The van der Waals surface area contributed by atoms with Crippen LogP contribution in [-0.2, 0) is 19.5 Å². The maximum absolute atomic E-state index is 12.3. The minimum atomic E-state index is -0.0395. The lowest BCUT2D eigenvalue weighted by atomic mass is 9.95. The Balaban J connectivity index is 1.74. The molecule has 1 aliphatic rings. The lowest BCUT2D eigenvalue weighted by molar-refractivity contribution is 0.0949.